The normalized spacial score (nSPS) is 11.9. The Morgan fingerprint density at radius 2 is 2.16 bits per heavy atom. The molecule has 2 rings (SSSR count). The number of carbonyl (C=O) groups is 1. The number of aromatic nitrogens is 1. The number of hydrogen-bond donors (Lipinski definition) is 2. The van der Waals surface area contributed by atoms with E-state index in [1.807, 2.05) is 38.3 Å². The maximum absolute atomic E-state index is 12.0. The lowest BCUT2D eigenvalue weighted by atomic mass is 10.1. The first-order valence-corrected chi connectivity index (χ1v) is 6.98. The van der Waals surface area contributed by atoms with Gasteiger partial charge in [-0.15, -0.1) is 11.3 Å². The topological polar surface area (TPSA) is 54.0 Å². The smallest absolute Gasteiger partial charge is 0.248 e. The van der Waals surface area contributed by atoms with Crippen LogP contribution in [0.3, 0.4) is 0 Å². The van der Waals surface area contributed by atoms with E-state index in [1.54, 1.807) is 6.20 Å². The van der Waals surface area contributed by atoms with Crippen LogP contribution in [0.5, 0.6) is 0 Å². The molecule has 0 unspecified atom stereocenters. The minimum atomic E-state index is -0.315. The molecular formula is C14H17N3OS. The third-order valence-electron chi connectivity index (χ3n) is 2.82. The van der Waals surface area contributed by atoms with Gasteiger partial charge in [0, 0.05) is 17.3 Å². The van der Waals surface area contributed by atoms with E-state index < -0.39 is 0 Å². The molecule has 2 N–H and O–H groups in total. The van der Waals surface area contributed by atoms with E-state index in [4.69, 9.17) is 0 Å². The molecule has 0 radical (unpaired) electrons. The van der Waals surface area contributed by atoms with Crippen LogP contribution < -0.4 is 10.6 Å². The highest BCUT2D eigenvalue weighted by Crippen LogP contribution is 2.18. The number of rotatable bonds is 4. The van der Waals surface area contributed by atoms with Crippen molar-refractivity contribution in [3.8, 4) is 0 Å². The first-order chi connectivity index (χ1) is 9.06. The number of nitrogens with zero attached hydrogens (tertiary/aromatic N) is 1. The number of benzene rings is 1. The van der Waals surface area contributed by atoms with Crippen LogP contribution in [0.2, 0.25) is 0 Å². The quantitative estimate of drug-likeness (QED) is 0.901. The number of thiazole rings is 1. The fraction of sp³-hybridized carbons (Fsp3) is 0.286. The Morgan fingerprint density at radius 1 is 1.37 bits per heavy atom. The van der Waals surface area contributed by atoms with Crippen molar-refractivity contribution in [2.75, 3.05) is 10.6 Å². The predicted molar refractivity (Wildman–Crippen MR) is 79.7 cm³/mol. The van der Waals surface area contributed by atoms with Crippen molar-refractivity contribution < 1.29 is 4.79 Å². The monoisotopic (exact) mass is 275 g/mol. The molecule has 19 heavy (non-hydrogen) atoms. The minimum Gasteiger partial charge on any atom is -0.374 e. The van der Waals surface area contributed by atoms with Gasteiger partial charge in [-0.1, -0.05) is 12.1 Å². The maximum Gasteiger partial charge on any atom is 0.248 e. The first kappa shape index (κ1) is 13.5. The molecule has 0 fully saturated rings. The molecule has 0 aliphatic carbocycles. The fourth-order valence-electron chi connectivity index (χ4n) is 1.69. The van der Waals surface area contributed by atoms with Crippen molar-refractivity contribution in [1.29, 1.82) is 0 Å². The van der Waals surface area contributed by atoms with Gasteiger partial charge in [0.05, 0.1) is 0 Å². The molecule has 1 atom stereocenters. The van der Waals surface area contributed by atoms with Crippen LogP contribution in [-0.4, -0.2) is 16.9 Å². The highest BCUT2D eigenvalue weighted by atomic mass is 32.1. The standard InChI is InChI=1S/C14H17N3OS/c1-9-4-5-10(2)12(8-9)16-11(3)13(18)17-14-15-6-7-19-14/h4-8,11,16H,1-3H3,(H,15,17,18)/t11-/m0/s1. The summed E-state index contributed by atoms with van der Waals surface area (Å²) in [5.41, 5.74) is 3.28. The molecule has 1 aromatic heterocycles. The van der Waals surface area contributed by atoms with Crippen LogP contribution in [0.15, 0.2) is 29.8 Å². The minimum absolute atomic E-state index is 0.0872. The molecule has 2 aromatic rings. The predicted octanol–water partition coefficient (Wildman–Crippen LogP) is 3.20. The lowest BCUT2D eigenvalue weighted by Gasteiger charge is -2.16. The van der Waals surface area contributed by atoms with Crippen molar-refractivity contribution in [1.82, 2.24) is 4.98 Å². The number of anilines is 2. The van der Waals surface area contributed by atoms with Gasteiger partial charge in [-0.05, 0) is 38.0 Å². The molecule has 4 nitrogen and oxygen atoms in total. The summed E-state index contributed by atoms with van der Waals surface area (Å²) in [5, 5.41) is 8.47. The van der Waals surface area contributed by atoms with Gasteiger partial charge in [-0.3, -0.25) is 4.79 Å². The summed E-state index contributed by atoms with van der Waals surface area (Å²) in [6, 6.07) is 5.83. The molecule has 1 aromatic carbocycles. The second-order valence-electron chi connectivity index (χ2n) is 4.51. The SMILES string of the molecule is Cc1ccc(C)c(N[C@@H](C)C(=O)Nc2nccs2)c1. The van der Waals surface area contributed by atoms with Crippen LogP contribution in [0.1, 0.15) is 18.1 Å². The summed E-state index contributed by atoms with van der Waals surface area (Å²) in [6.45, 7) is 5.89. The third-order valence-corrected chi connectivity index (χ3v) is 3.51. The van der Waals surface area contributed by atoms with Gasteiger partial charge < -0.3 is 10.6 Å². The van der Waals surface area contributed by atoms with Gasteiger partial charge in [0.15, 0.2) is 5.13 Å². The Kier molecular flexibility index (Phi) is 4.16. The van der Waals surface area contributed by atoms with E-state index in [1.165, 1.54) is 16.9 Å². The van der Waals surface area contributed by atoms with E-state index in [9.17, 15) is 4.79 Å². The van der Waals surface area contributed by atoms with Gasteiger partial charge in [0.1, 0.15) is 6.04 Å². The van der Waals surface area contributed by atoms with Gasteiger partial charge >= 0.3 is 0 Å². The number of nitrogens with one attached hydrogen (secondary N) is 2. The lowest BCUT2D eigenvalue weighted by Crippen LogP contribution is -2.32. The van der Waals surface area contributed by atoms with Crippen LogP contribution in [0, 0.1) is 13.8 Å². The number of hydrogen-bond acceptors (Lipinski definition) is 4. The molecule has 1 amide bonds. The second kappa shape index (κ2) is 5.84. The van der Waals surface area contributed by atoms with Gasteiger partial charge in [-0.25, -0.2) is 4.98 Å². The summed E-state index contributed by atoms with van der Waals surface area (Å²) in [7, 11) is 0. The van der Waals surface area contributed by atoms with Crippen molar-refractivity contribution in [3.63, 3.8) is 0 Å². The zero-order valence-electron chi connectivity index (χ0n) is 11.2. The van der Waals surface area contributed by atoms with E-state index in [-0.39, 0.29) is 11.9 Å². The molecule has 0 saturated carbocycles. The molecule has 5 heteroatoms. The Morgan fingerprint density at radius 3 is 2.84 bits per heavy atom. The molecule has 0 saturated heterocycles. The van der Waals surface area contributed by atoms with Crippen molar-refractivity contribution in [2.45, 2.75) is 26.8 Å². The van der Waals surface area contributed by atoms with Crippen molar-refractivity contribution >= 4 is 28.1 Å². The summed E-state index contributed by atoms with van der Waals surface area (Å²) < 4.78 is 0. The average Bonchev–Trinajstić information content (AvgIpc) is 2.86. The molecule has 0 spiro atoms. The van der Waals surface area contributed by atoms with Gasteiger partial charge in [-0.2, -0.15) is 0 Å². The average molecular weight is 275 g/mol. The molecule has 0 bridgehead atoms. The number of carbonyl (C=O) groups excluding carboxylic acids is 1. The molecule has 1 heterocycles. The van der Waals surface area contributed by atoms with E-state index >= 15 is 0 Å². The highest BCUT2D eigenvalue weighted by molar-refractivity contribution is 7.13. The summed E-state index contributed by atoms with van der Waals surface area (Å²) in [4.78, 5) is 16.0. The highest BCUT2D eigenvalue weighted by Gasteiger charge is 2.14. The summed E-state index contributed by atoms with van der Waals surface area (Å²) >= 11 is 1.41. The van der Waals surface area contributed by atoms with Crippen LogP contribution >= 0.6 is 11.3 Å². The Balaban J connectivity index is 2.02. The van der Waals surface area contributed by atoms with Crippen molar-refractivity contribution in [3.05, 3.63) is 40.9 Å². The second-order valence-corrected chi connectivity index (χ2v) is 5.41. The summed E-state index contributed by atoms with van der Waals surface area (Å²) in [6.07, 6.45) is 1.67. The number of amides is 1. The summed E-state index contributed by atoms with van der Waals surface area (Å²) in [5.74, 6) is -0.0872. The first-order valence-electron chi connectivity index (χ1n) is 6.10. The lowest BCUT2D eigenvalue weighted by molar-refractivity contribution is -0.116. The molecule has 0 aliphatic rings. The van der Waals surface area contributed by atoms with Crippen LogP contribution in [0.25, 0.3) is 0 Å². The Hall–Kier alpha value is -1.88. The molecule has 0 aliphatic heterocycles. The van der Waals surface area contributed by atoms with E-state index in [0.29, 0.717) is 5.13 Å². The van der Waals surface area contributed by atoms with E-state index in [2.05, 4.69) is 21.7 Å². The van der Waals surface area contributed by atoms with Gasteiger partial charge in [0.2, 0.25) is 5.91 Å². The van der Waals surface area contributed by atoms with E-state index in [0.717, 1.165) is 11.3 Å². The maximum atomic E-state index is 12.0. The number of aryl methyl sites for hydroxylation is 2. The fourth-order valence-corrected chi connectivity index (χ4v) is 2.22. The molecular weight excluding hydrogens is 258 g/mol. The van der Waals surface area contributed by atoms with Crippen molar-refractivity contribution in [2.24, 2.45) is 0 Å². The zero-order chi connectivity index (χ0) is 13.8. The van der Waals surface area contributed by atoms with Gasteiger partial charge in [0.25, 0.3) is 0 Å². The largest absolute Gasteiger partial charge is 0.374 e. The van der Waals surface area contributed by atoms with Crippen LogP contribution in [0.4, 0.5) is 10.8 Å². The Labute approximate surface area is 116 Å². The van der Waals surface area contributed by atoms with Crippen LogP contribution in [-0.2, 0) is 4.79 Å². The molecule has 100 valence electrons. The Bertz CT molecular complexity index is 566. The zero-order valence-corrected chi connectivity index (χ0v) is 12.0. The third kappa shape index (κ3) is 3.54.